The van der Waals surface area contributed by atoms with E-state index in [0.29, 0.717) is 12.0 Å². The number of nitrogens with two attached hydrogens (primary N) is 1. The van der Waals surface area contributed by atoms with Crippen LogP contribution in [0.1, 0.15) is 18.0 Å². The molecular weight excluding hydrogens is 226 g/mol. The van der Waals surface area contributed by atoms with Crippen molar-refractivity contribution < 1.29 is 4.39 Å². The second-order valence-electron chi connectivity index (χ2n) is 2.77. The summed E-state index contributed by atoms with van der Waals surface area (Å²) in [6.07, 6.45) is 2.13. The van der Waals surface area contributed by atoms with Crippen LogP contribution in [0.15, 0.2) is 18.7 Å². The lowest BCUT2D eigenvalue weighted by molar-refractivity contribution is 0.612. The number of rotatable bonds is 3. The van der Waals surface area contributed by atoms with E-state index in [2.05, 4.69) is 11.6 Å². The average molecular weight is 235 g/mol. The van der Waals surface area contributed by atoms with Crippen LogP contribution in [0.25, 0.3) is 0 Å². The van der Waals surface area contributed by atoms with Gasteiger partial charge in [-0.25, -0.2) is 9.37 Å². The Bertz CT molecular complexity index is 355. The third kappa shape index (κ3) is 2.44. The predicted octanol–water partition coefficient (Wildman–Crippen LogP) is 3.10. The van der Waals surface area contributed by atoms with Crippen molar-refractivity contribution in [2.75, 3.05) is 0 Å². The summed E-state index contributed by atoms with van der Waals surface area (Å²) in [5.74, 6) is -0.620. The first-order valence-electron chi connectivity index (χ1n) is 3.94. The van der Waals surface area contributed by atoms with E-state index in [9.17, 15) is 4.39 Å². The highest BCUT2D eigenvalue weighted by Crippen LogP contribution is 2.25. The largest absolute Gasteiger partial charge is 0.324 e. The molecule has 2 nitrogen and oxygen atoms in total. The highest BCUT2D eigenvalue weighted by Gasteiger charge is 2.13. The smallest absolute Gasteiger partial charge is 0.166 e. The number of hydrogen-bond acceptors (Lipinski definition) is 2. The first kappa shape index (κ1) is 11.4. The van der Waals surface area contributed by atoms with Crippen molar-refractivity contribution in [2.24, 2.45) is 5.73 Å². The summed E-state index contributed by atoms with van der Waals surface area (Å²) < 4.78 is 13.0. The van der Waals surface area contributed by atoms with Crippen molar-refractivity contribution in [3.05, 3.63) is 40.4 Å². The summed E-state index contributed by atoms with van der Waals surface area (Å²) in [5.41, 5.74) is 6.16. The molecule has 1 heterocycles. The summed E-state index contributed by atoms with van der Waals surface area (Å²) in [5, 5.41) is -0.115. The second-order valence-corrected chi connectivity index (χ2v) is 3.49. The Kier molecular flexibility index (Phi) is 3.86. The lowest BCUT2D eigenvalue weighted by atomic mass is 10.1. The first-order valence-corrected chi connectivity index (χ1v) is 4.69. The summed E-state index contributed by atoms with van der Waals surface area (Å²) in [6.45, 7) is 3.53. The third-order valence-electron chi connectivity index (χ3n) is 1.73. The van der Waals surface area contributed by atoms with E-state index in [1.807, 2.05) is 0 Å². The Morgan fingerprint density at radius 1 is 1.57 bits per heavy atom. The molecule has 0 amide bonds. The minimum atomic E-state index is -0.620. The summed E-state index contributed by atoms with van der Waals surface area (Å²) in [6, 6.07) is 0.797. The molecule has 76 valence electrons. The zero-order valence-electron chi connectivity index (χ0n) is 7.30. The van der Waals surface area contributed by atoms with Gasteiger partial charge in [-0.15, -0.1) is 6.58 Å². The highest BCUT2D eigenvalue weighted by molar-refractivity contribution is 6.33. The fraction of sp³-hybridized carbons (Fsp3) is 0.222. The zero-order chi connectivity index (χ0) is 10.7. The number of halogens is 3. The number of pyridine rings is 1. The van der Waals surface area contributed by atoms with Crippen LogP contribution in [-0.2, 0) is 0 Å². The van der Waals surface area contributed by atoms with Gasteiger partial charge in [0, 0.05) is 11.6 Å². The van der Waals surface area contributed by atoms with Gasteiger partial charge in [-0.2, -0.15) is 0 Å². The van der Waals surface area contributed by atoms with Crippen LogP contribution in [0.2, 0.25) is 10.3 Å². The molecule has 0 spiro atoms. The van der Waals surface area contributed by atoms with Gasteiger partial charge >= 0.3 is 0 Å². The Hall–Kier alpha value is -0.640. The minimum Gasteiger partial charge on any atom is -0.324 e. The molecule has 0 radical (unpaired) electrons. The molecule has 1 aromatic heterocycles. The fourth-order valence-corrected chi connectivity index (χ4v) is 1.49. The average Bonchev–Trinajstić information content (AvgIpc) is 2.11. The van der Waals surface area contributed by atoms with Crippen LogP contribution in [0.4, 0.5) is 4.39 Å². The molecule has 0 aromatic carbocycles. The third-order valence-corrected chi connectivity index (χ3v) is 2.30. The summed E-state index contributed by atoms with van der Waals surface area (Å²) in [7, 11) is 0. The normalized spacial score (nSPS) is 12.6. The van der Waals surface area contributed by atoms with Crippen molar-refractivity contribution in [1.29, 1.82) is 0 Å². The lowest BCUT2D eigenvalue weighted by Crippen LogP contribution is -2.11. The van der Waals surface area contributed by atoms with Crippen molar-refractivity contribution in [1.82, 2.24) is 4.98 Å². The molecule has 0 saturated carbocycles. The van der Waals surface area contributed by atoms with Gasteiger partial charge in [0.1, 0.15) is 5.15 Å². The van der Waals surface area contributed by atoms with Crippen LogP contribution in [0, 0.1) is 5.82 Å². The Morgan fingerprint density at radius 3 is 2.79 bits per heavy atom. The van der Waals surface area contributed by atoms with Gasteiger partial charge in [0.05, 0.1) is 0 Å². The standard InChI is InChI=1S/C9H9Cl2FN2/c1-2-3-7(13)5-4-6(12)9(11)14-8(5)10/h2,4,7H,1,3,13H2. The Labute approximate surface area is 91.5 Å². The van der Waals surface area contributed by atoms with Crippen LogP contribution >= 0.6 is 23.2 Å². The molecule has 14 heavy (non-hydrogen) atoms. The van der Waals surface area contributed by atoms with Crippen LogP contribution in [0.3, 0.4) is 0 Å². The van der Waals surface area contributed by atoms with Gasteiger partial charge in [-0.3, -0.25) is 0 Å². The number of aromatic nitrogens is 1. The second kappa shape index (κ2) is 4.73. The van der Waals surface area contributed by atoms with Gasteiger partial charge in [0.25, 0.3) is 0 Å². The van der Waals surface area contributed by atoms with Crippen molar-refractivity contribution in [2.45, 2.75) is 12.5 Å². The van der Waals surface area contributed by atoms with E-state index >= 15 is 0 Å². The van der Waals surface area contributed by atoms with E-state index in [4.69, 9.17) is 28.9 Å². The summed E-state index contributed by atoms with van der Waals surface area (Å²) >= 11 is 11.2. The maximum atomic E-state index is 13.0. The van der Waals surface area contributed by atoms with Gasteiger partial charge in [-0.05, 0) is 12.5 Å². The SMILES string of the molecule is C=CCC(N)c1cc(F)c(Cl)nc1Cl. The van der Waals surface area contributed by atoms with E-state index in [-0.39, 0.29) is 10.3 Å². The molecule has 0 bridgehead atoms. The Morgan fingerprint density at radius 2 is 2.21 bits per heavy atom. The van der Waals surface area contributed by atoms with E-state index < -0.39 is 11.9 Å². The van der Waals surface area contributed by atoms with E-state index in [1.165, 1.54) is 6.07 Å². The molecule has 1 atom stereocenters. The fourth-order valence-electron chi connectivity index (χ4n) is 1.03. The Balaban J connectivity index is 3.08. The maximum Gasteiger partial charge on any atom is 0.166 e. The number of hydrogen-bond donors (Lipinski definition) is 1. The molecule has 1 aromatic rings. The van der Waals surface area contributed by atoms with Crippen LogP contribution < -0.4 is 5.73 Å². The predicted molar refractivity (Wildman–Crippen MR) is 56.0 cm³/mol. The topological polar surface area (TPSA) is 38.9 Å². The molecule has 2 N–H and O–H groups in total. The lowest BCUT2D eigenvalue weighted by Gasteiger charge is -2.11. The molecule has 1 rings (SSSR count). The first-order chi connectivity index (χ1) is 6.56. The van der Waals surface area contributed by atoms with Crippen molar-refractivity contribution >= 4 is 23.2 Å². The minimum absolute atomic E-state index is 0.130. The van der Waals surface area contributed by atoms with Crippen molar-refractivity contribution in [3.63, 3.8) is 0 Å². The summed E-state index contributed by atoms with van der Waals surface area (Å²) in [4.78, 5) is 3.62. The maximum absolute atomic E-state index is 13.0. The molecule has 0 fully saturated rings. The number of nitrogens with zero attached hydrogens (tertiary/aromatic N) is 1. The molecule has 0 aliphatic heterocycles. The van der Waals surface area contributed by atoms with Gasteiger partial charge in [0.15, 0.2) is 11.0 Å². The zero-order valence-corrected chi connectivity index (χ0v) is 8.82. The van der Waals surface area contributed by atoms with Crippen LogP contribution in [-0.4, -0.2) is 4.98 Å². The van der Waals surface area contributed by atoms with Gasteiger partial charge < -0.3 is 5.73 Å². The van der Waals surface area contributed by atoms with Gasteiger partial charge in [-0.1, -0.05) is 29.3 Å². The molecular formula is C9H9Cl2FN2. The van der Waals surface area contributed by atoms with E-state index in [1.54, 1.807) is 6.08 Å². The molecule has 0 saturated heterocycles. The van der Waals surface area contributed by atoms with Gasteiger partial charge in [0.2, 0.25) is 0 Å². The molecule has 5 heteroatoms. The highest BCUT2D eigenvalue weighted by atomic mass is 35.5. The molecule has 0 aliphatic rings. The van der Waals surface area contributed by atoms with E-state index in [0.717, 1.165) is 0 Å². The van der Waals surface area contributed by atoms with Crippen molar-refractivity contribution in [3.8, 4) is 0 Å². The molecule has 1 unspecified atom stereocenters. The van der Waals surface area contributed by atoms with Crippen LogP contribution in [0.5, 0.6) is 0 Å². The monoisotopic (exact) mass is 234 g/mol. The quantitative estimate of drug-likeness (QED) is 0.645. The molecule has 0 aliphatic carbocycles.